The Morgan fingerprint density at radius 2 is 2.08 bits per heavy atom. The lowest BCUT2D eigenvalue weighted by Crippen LogP contribution is -2.60. The predicted molar refractivity (Wildman–Crippen MR) is 85.9 cm³/mol. The molecule has 2 aliphatic heterocycles. The Kier molecular flexibility index (Phi) is 4.88. The zero-order valence-corrected chi connectivity index (χ0v) is 14.8. The van der Waals surface area contributed by atoms with E-state index in [4.69, 9.17) is 4.74 Å². The number of aromatic nitrogens is 3. The summed E-state index contributed by atoms with van der Waals surface area (Å²) in [7, 11) is -1.69. The van der Waals surface area contributed by atoms with Gasteiger partial charge in [-0.15, -0.1) is 10.2 Å². The Morgan fingerprint density at radius 3 is 2.79 bits per heavy atom. The second-order valence-corrected chi connectivity index (χ2v) is 8.39. The number of carbonyl (C=O) groups is 1. The van der Waals surface area contributed by atoms with Crippen LogP contribution in [0.3, 0.4) is 0 Å². The molecule has 0 aliphatic carbocycles. The summed E-state index contributed by atoms with van der Waals surface area (Å²) in [5.74, 6) is 0.761. The van der Waals surface area contributed by atoms with Crippen LogP contribution in [0.25, 0.3) is 0 Å². The molecule has 0 radical (unpaired) electrons. The summed E-state index contributed by atoms with van der Waals surface area (Å²) in [5, 5.41) is 8.06. The fraction of sp³-hybridized carbons (Fsp3) is 0.786. The second-order valence-electron chi connectivity index (χ2n) is 6.24. The van der Waals surface area contributed by atoms with E-state index >= 15 is 0 Å². The molecule has 1 aromatic rings. The number of aryl methyl sites for hydroxylation is 1. The summed E-state index contributed by atoms with van der Waals surface area (Å²) in [4.78, 5) is 16.0. The molecule has 3 heterocycles. The minimum absolute atomic E-state index is 0.0179. The van der Waals surface area contributed by atoms with Gasteiger partial charge in [-0.25, -0.2) is 8.42 Å². The minimum Gasteiger partial charge on any atom is -0.375 e. The van der Waals surface area contributed by atoms with Crippen LogP contribution >= 0.6 is 0 Å². The molecule has 0 spiro atoms. The minimum atomic E-state index is -3.16. The number of ether oxygens (including phenoxy) is 1. The number of rotatable bonds is 5. The Labute approximate surface area is 141 Å². The van der Waals surface area contributed by atoms with Crippen molar-refractivity contribution < 1.29 is 17.9 Å². The van der Waals surface area contributed by atoms with Crippen LogP contribution < -0.4 is 0 Å². The van der Waals surface area contributed by atoms with Crippen LogP contribution in [0, 0.1) is 0 Å². The maximum atomic E-state index is 12.2. The molecule has 2 atom stereocenters. The summed E-state index contributed by atoms with van der Waals surface area (Å²) < 4.78 is 31.2. The quantitative estimate of drug-likeness (QED) is 0.650. The molecule has 1 amide bonds. The highest BCUT2D eigenvalue weighted by molar-refractivity contribution is 7.91. The van der Waals surface area contributed by atoms with E-state index in [0.29, 0.717) is 19.6 Å². The molecular formula is C14H23N5O4S. The van der Waals surface area contributed by atoms with Crippen LogP contribution in [-0.4, -0.2) is 89.3 Å². The first-order chi connectivity index (χ1) is 11.4. The number of amides is 1. The van der Waals surface area contributed by atoms with Gasteiger partial charge in [-0.05, 0) is 6.92 Å². The number of piperazine rings is 1. The Balaban J connectivity index is 1.80. The topological polar surface area (TPSA) is 97.6 Å². The summed E-state index contributed by atoms with van der Waals surface area (Å²) in [5.41, 5.74) is 0. The molecule has 134 valence electrons. The van der Waals surface area contributed by atoms with Crippen LogP contribution in [0.5, 0.6) is 0 Å². The smallest absolute Gasteiger partial charge is 0.248 e. The molecule has 9 nitrogen and oxygen atoms in total. The third-order valence-electron chi connectivity index (χ3n) is 4.76. The number of methoxy groups -OCH3 is 1. The molecule has 10 heteroatoms. The van der Waals surface area contributed by atoms with E-state index in [1.807, 2.05) is 11.5 Å². The van der Waals surface area contributed by atoms with E-state index < -0.39 is 9.84 Å². The third-order valence-corrected chi connectivity index (χ3v) is 6.46. The highest BCUT2D eigenvalue weighted by Crippen LogP contribution is 2.28. The molecule has 2 aliphatic rings. The highest BCUT2D eigenvalue weighted by atomic mass is 32.2. The first-order valence-corrected chi connectivity index (χ1v) is 9.87. The van der Waals surface area contributed by atoms with Gasteiger partial charge in [0.05, 0.1) is 24.1 Å². The number of sulfone groups is 1. The normalized spacial score (nSPS) is 26.5. The molecule has 0 unspecified atom stereocenters. The Hall–Kier alpha value is -1.52. The Morgan fingerprint density at radius 1 is 1.33 bits per heavy atom. The molecule has 24 heavy (non-hydrogen) atoms. The molecular weight excluding hydrogens is 334 g/mol. The summed E-state index contributed by atoms with van der Waals surface area (Å²) in [6, 6.07) is -0.518. The lowest BCUT2D eigenvalue weighted by Gasteiger charge is -2.43. The molecule has 2 saturated heterocycles. The van der Waals surface area contributed by atoms with Gasteiger partial charge in [-0.3, -0.25) is 9.69 Å². The Bertz CT molecular complexity index is 704. The van der Waals surface area contributed by atoms with E-state index in [0.717, 1.165) is 12.4 Å². The fourth-order valence-electron chi connectivity index (χ4n) is 3.58. The van der Waals surface area contributed by atoms with Gasteiger partial charge < -0.3 is 14.2 Å². The SMILES string of the molecule is CCn1cnnc1CN1CCN(C(=O)COC)[C@@H]2CS(=O)(=O)C[C@@H]21. The summed E-state index contributed by atoms with van der Waals surface area (Å²) in [6.45, 7) is 4.41. The van der Waals surface area contributed by atoms with Gasteiger partial charge in [0.1, 0.15) is 18.8 Å². The lowest BCUT2D eigenvalue weighted by atomic mass is 10.0. The lowest BCUT2D eigenvalue weighted by molar-refractivity contribution is -0.141. The number of nitrogens with zero attached hydrogens (tertiary/aromatic N) is 5. The first kappa shape index (κ1) is 17.3. The molecule has 0 N–H and O–H groups in total. The molecule has 3 rings (SSSR count). The first-order valence-electron chi connectivity index (χ1n) is 8.04. The van der Waals surface area contributed by atoms with E-state index in [9.17, 15) is 13.2 Å². The molecule has 1 aromatic heterocycles. The second kappa shape index (κ2) is 6.77. The van der Waals surface area contributed by atoms with Gasteiger partial charge in [0.2, 0.25) is 5.91 Å². The number of hydrogen-bond acceptors (Lipinski definition) is 7. The molecule has 0 aromatic carbocycles. The van der Waals surface area contributed by atoms with E-state index in [-0.39, 0.29) is 36.1 Å². The molecule has 0 saturated carbocycles. The van der Waals surface area contributed by atoms with Gasteiger partial charge >= 0.3 is 0 Å². The maximum absolute atomic E-state index is 12.2. The van der Waals surface area contributed by atoms with Crippen LogP contribution in [-0.2, 0) is 32.5 Å². The predicted octanol–water partition coefficient (Wildman–Crippen LogP) is -1.25. The van der Waals surface area contributed by atoms with Crippen LogP contribution in [0.4, 0.5) is 0 Å². The fourth-order valence-corrected chi connectivity index (χ4v) is 5.60. The van der Waals surface area contributed by atoms with E-state index in [2.05, 4.69) is 15.1 Å². The average molecular weight is 357 g/mol. The standard InChI is InChI=1S/C14H23N5O4S/c1-3-17-10-15-16-13(17)6-18-4-5-19(14(20)7-23-2)12-9-24(21,22)8-11(12)18/h10-12H,3-9H2,1-2H3/t11-,12+/m0/s1. The zero-order chi connectivity index (χ0) is 17.3. The zero-order valence-electron chi connectivity index (χ0n) is 14.0. The van der Waals surface area contributed by atoms with Crippen LogP contribution in [0.2, 0.25) is 0 Å². The summed E-state index contributed by atoms with van der Waals surface area (Å²) in [6.07, 6.45) is 1.68. The van der Waals surface area contributed by atoms with E-state index in [1.165, 1.54) is 7.11 Å². The monoisotopic (exact) mass is 357 g/mol. The largest absolute Gasteiger partial charge is 0.375 e. The van der Waals surface area contributed by atoms with Crippen molar-refractivity contribution in [2.45, 2.75) is 32.1 Å². The van der Waals surface area contributed by atoms with Gasteiger partial charge in [0.15, 0.2) is 9.84 Å². The van der Waals surface area contributed by atoms with Gasteiger partial charge in [-0.1, -0.05) is 0 Å². The van der Waals surface area contributed by atoms with Crippen molar-refractivity contribution in [1.82, 2.24) is 24.6 Å². The van der Waals surface area contributed by atoms with Gasteiger partial charge in [0.25, 0.3) is 0 Å². The van der Waals surface area contributed by atoms with Gasteiger partial charge in [0, 0.05) is 32.8 Å². The van der Waals surface area contributed by atoms with E-state index in [1.54, 1.807) is 11.2 Å². The molecule has 2 fully saturated rings. The van der Waals surface area contributed by atoms with Crippen molar-refractivity contribution >= 4 is 15.7 Å². The number of hydrogen-bond donors (Lipinski definition) is 0. The molecule has 0 bridgehead atoms. The average Bonchev–Trinajstić information content (AvgIpc) is 3.10. The van der Waals surface area contributed by atoms with Gasteiger partial charge in [-0.2, -0.15) is 0 Å². The van der Waals surface area contributed by atoms with Crippen LogP contribution in [0.1, 0.15) is 12.7 Å². The number of carbonyl (C=O) groups excluding carboxylic acids is 1. The van der Waals surface area contributed by atoms with Crippen molar-refractivity contribution in [3.63, 3.8) is 0 Å². The van der Waals surface area contributed by atoms with Crippen molar-refractivity contribution in [1.29, 1.82) is 0 Å². The summed E-state index contributed by atoms with van der Waals surface area (Å²) >= 11 is 0. The van der Waals surface area contributed by atoms with Crippen molar-refractivity contribution in [3.05, 3.63) is 12.2 Å². The van der Waals surface area contributed by atoms with Crippen LogP contribution in [0.15, 0.2) is 6.33 Å². The third kappa shape index (κ3) is 3.31. The van der Waals surface area contributed by atoms with Crippen molar-refractivity contribution in [3.8, 4) is 0 Å². The number of fused-ring (bicyclic) bond motifs is 1. The maximum Gasteiger partial charge on any atom is 0.248 e. The van der Waals surface area contributed by atoms with Crippen molar-refractivity contribution in [2.75, 3.05) is 38.3 Å². The van der Waals surface area contributed by atoms with Crippen molar-refractivity contribution in [2.24, 2.45) is 0 Å². The highest BCUT2D eigenvalue weighted by Gasteiger charge is 2.48.